The van der Waals surface area contributed by atoms with Crippen molar-refractivity contribution in [1.29, 1.82) is 0 Å². The highest BCUT2D eigenvalue weighted by atomic mass is 15.4. The van der Waals surface area contributed by atoms with Crippen molar-refractivity contribution in [1.82, 2.24) is 15.2 Å². The molecule has 2 aromatic heterocycles. The lowest BCUT2D eigenvalue weighted by Crippen LogP contribution is -2.28. The van der Waals surface area contributed by atoms with Crippen LogP contribution < -0.4 is 9.80 Å². The summed E-state index contributed by atoms with van der Waals surface area (Å²) < 4.78 is 0. The molecule has 0 spiro atoms. The van der Waals surface area contributed by atoms with E-state index in [1.165, 1.54) is 23.5 Å². The highest BCUT2D eigenvalue weighted by Crippen LogP contribution is 2.38. The monoisotopic (exact) mass is 409 g/mol. The van der Waals surface area contributed by atoms with E-state index in [0.29, 0.717) is 0 Å². The highest BCUT2D eigenvalue weighted by Gasteiger charge is 2.27. The fraction of sp³-hybridized carbons (Fsp3) is 0.231. The number of para-hydroxylation sites is 1. The molecule has 1 aliphatic rings. The van der Waals surface area contributed by atoms with Gasteiger partial charge in [0.15, 0.2) is 5.82 Å². The maximum absolute atomic E-state index is 4.65. The number of rotatable bonds is 8. The molecule has 4 aromatic rings. The first-order chi connectivity index (χ1) is 15.4. The van der Waals surface area contributed by atoms with Gasteiger partial charge in [-0.15, -0.1) is 0 Å². The lowest BCUT2D eigenvalue weighted by Gasteiger charge is -2.21. The van der Waals surface area contributed by atoms with Crippen LogP contribution in [0.15, 0.2) is 85.1 Å². The first-order valence-corrected chi connectivity index (χ1v) is 11.0. The Morgan fingerprint density at radius 2 is 1.65 bits per heavy atom. The van der Waals surface area contributed by atoms with E-state index >= 15 is 0 Å². The van der Waals surface area contributed by atoms with Crippen LogP contribution in [-0.4, -0.2) is 28.4 Å². The van der Waals surface area contributed by atoms with Crippen molar-refractivity contribution < 1.29 is 0 Å². The van der Waals surface area contributed by atoms with E-state index in [-0.39, 0.29) is 0 Å². The van der Waals surface area contributed by atoms with E-state index in [2.05, 4.69) is 91.7 Å². The maximum Gasteiger partial charge on any atom is 0.158 e. The first-order valence-electron chi connectivity index (χ1n) is 11.0. The second kappa shape index (κ2) is 9.04. The van der Waals surface area contributed by atoms with E-state index in [1.807, 2.05) is 18.3 Å². The van der Waals surface area contributed by atoms with Gasteiger partial charge >= 0.3 is 0 Å². The van der Waals surface area contributed by atoms with Gasteiger partial charge in [0.1, 0.15) is 0 Å². The van der Waals surface area contributed by atoms with E-state index < -0.39 is 0 Å². The van der Waals surface area contributed by atoms with E-state index in [9.17, 15) is 0 Å². The van der Waals surface area contributed by atoms with Gasteiger partial charge in [-0.05, 0) is 49.6 Å². The van der Waals surface area contributed by atoms with E-state index in [1.54, 1.807) is 0 Å². The molecular formula is C26H27N5. The topological polar surface area (TPSA) is 48.0 Å². The van der Waals surface area contributed by atoms with Crippen LogP contribution in [0.5, 0.6) is 0 Å². The number of aromatic nitrogens is 3. The van der Waals surface area contributed by atoms with Crippen molar-refractivity contribution in [3.8, 4) is 11.3 Å². The number of fused-ring (bicyclic) bond motifs is 1. The average molecular weight is 410 g/mol. The molecular weight excluding hydrogens is 382 g/mol. The Bertz CT molecular complexity index is 1110. The van der Waals surface area contributed by atoms with Crippen LogP contribution >= 0.6 is 0 Å². The van der Waals surface area contributed by atoms with Gasteiger partial charge < -0.3 is 9.80 Å². The molecule has 0 unspecified atom stereocenters. The molecule has 5 nitrogen and oxygen atoms in total. The lowest BCUT2D eigenvalue weighted by atomic mass is 10.1. The molecule has 0 amide bonds. The van der Waals surface area contributed by atoms with Gasteiger partial charge in [0.05, 0.1) is 18.1 Å². The molecule has 0 saturated heterocycles. The minimum Gasteiger partial charge on any atom is -0.350 e. The lowest BCUT2D eigenvalue weighted by molar-refractivity contribution is 0.654. The Labute approximate surface area is 183 Å². The van der Waals surface area contributed by atoms with Crippen molar-refractivity contribution in [2.45, 2.75) is 25.7 Å². The number of H-pyrrole nitrogens is 1. The second-order valence-corrected chi connectivity index (χ2v) is 7.97. The normalized spacial score (nSPS) is 12.9. The van der Waals surface area contributed by atoms with Crippen LogP contribution in [0.25, 0.3) is 11.3 Å². The molecule has 0 aliphatic carbocycles. The summed E-state index contributed by atoms with van der Waals surface area (Å²) in [4.78, 5) is 9.39. The Kier molecular flexibility index (Phi) is 5.65. The minimum absolute atomic E-state index is 0.858. The quantitative estimate of drug-likeness (QED) is 0.374. The summed E-state index contributed by atoms with van der Waals surface area (Å²) >= 11 is 0. The predicted molar refractivity (Wildman–Crippen MR) is 127 cm³/mol. The summed E-state index contributed by atoms with van der Waals surface area (Å²) in [5, 5.41) is 7.66. The molecule has 31 heavy (non-hydrogen) atoms. The number of unbranched alkanes of at least 4 members (excludes halogenated alkanes) is 2. The standard InChI is InChI=1S/C26H27N5/c1-4-11-21(12-5-1)24-19-22(28-29-24)13-6-3-9-18-30-20-31(23-14-7-2-8-15-23)26-25(30)16-10-17-27-26/h1-2,4-5,7-8,10-12,14-17,19H,3,6,9,13,18,20H2,(H,28,29). The van der Waals surface area contributed by atoms with Crippen LogP contribution in [0.2, 0.25) is 0 Å². The molecule has 3 heterocycles. The zero-order valence-electron chi connectivity index (χ0n) is 17.6. The van der Waals surface area contributed by atoms with Crippen LogP contribution in [0.1, 0.15) is 25.0 Å². The number of hydrogen-bond donors (Lipinski definition) is 1. The van der Waals surface area contributed by atoms with E-state index in [4.69, 9.17) is 0 Å². The molecule has 1 aliphatic heterocycles. The maximum atomic E-state index is 4.65. The molecule has 2 aromatic carbocycles. The van der Waals surface area contributed by atoms with Gasteiger partial charge in [0.25, 0.3) is 0 Å². The van der Waals surface area contributed by atoms with Gasteiger partial charge in [-0.25, -0.2) is 4.98 Å². The van der Waals surface area contributed by atoms with Crippen molar-refractivity contribution >= 4 is 17.2 Å². The van der Waals surface area contributed by atoms with Crippen LogP contribution in [0, 0.1) is 0 Å². The van der Waals surface area contributed by atoms with Gasteiger partial charge in [-0.2, -0.15) is 5.10 Å². The predicted octanol–water partition coefficient (Wildman–Crippen LogP) is 5.80. The van der Waals surface area contributed by atoms with Crippen LogP contribution in [0.4, 0.5) is 17.2 Å². The summed E-state index contributed by atoms with van der Waals surface area (Å²) in [6.07, 6.45) is 6.43. The third-order valence-electron chi connectivity index (χ3n) is 5.82. The summed E-state index contributed by atoms with van der Waals surface area (Å²) in [6.45, 7) is 1.90. The Balaban J connectivity index is 1.13. The molecule has 5 heteroatoms. The number of aromatic amines is 1. The zero-order chi connectivity index (χ0) is 20.9. The number of pyridine rings is 1. The Hall–Kier alpha value is -3.60. The number of nitrogens with zero attached hydrogens (tertiary/aromatic N) is 4. The summed E-state index contributed by atoms with van der Waals surface area (Å²) in [7, 11) is 0. The number of nitrogens with one attached hydrogen (secondary N) is 1. The molecule has 5 rings (SSSR count). The number of aryl methyl sites for hydroxylation is 1. The molecule has 0 atom stereocenters. The van der Waals surface area contributed by atoms with Crippen molar-refractivity contribution in [2.24, 2.45) is 0 Å². The Morgan fingerprint density at radius 1 is 0.839 bits per heavy atom. The smallest absolute Gasteiger partial charge is 0.158 e. The molecule has 0 radical (unpaired) electrons. The van der Waals surface area contributed by atoms with Crippen LogP contribution in [-0.2, 0) is 6.42 Å². The molecule has 0 bridgehead atoms. The molecule has 0 fully saturated rings. The zero-order valence-corrected chi connectivity index (χ0v) is 17.6. The van der Waals surface area contributed by atoms with Crippen LogP contribution in [0.3, 0.4) is 0 Å². The summed E-state index contributed by atoms with van der Waals surface area (Å²) in [6, 6.07) is 27.2. The van der Waals surface area contributed by atoms with Gasteiger partial charge in [-0.1, -0.05) is 55.0 Å². The van der Waals surface area contributed by atoms with Gasteiger partial charge in [0.2, 0.25) is 0 Å². The van der Waals surface area contributed by atoms with Gasteiger partial charge in [0, 0.05) is 29.7 Å². The highest BCUT2D eigenvalue weighted by molar-refractivity contribution is 5.78. The second-order valence-electron chi connectivity index (χ2n) is 7.97. The third-order valence-corrected chi connectivity index (χ3v) is 5.82. The minimum atomic E-state index is 0.858. The summed E-state index contributed by atoms with van der Waals surface area (Å²) in [5.41, 5.74) is 5.82. The Morgan fingerprint density at radius 3 is 2.48 bits per heavy atom. The molecule has 1 N–H and O–H groups in total. The largest absolute Gasteiger partial charge is 0.350 e. The third kappa shape index (κ3) is 4.31. The number of anilines is 3. The number of benzene rings is 2. The fourth-order valence-electron chi connectivity index (χ4n) is 4.20. The van der Waals surface area contributed by atoms with Crippen molar-refractivity contribution in [3.05, 3.63) is 90.8 Å². The van der Waals surface area contributed by atoms with Crippen molar-refractivity contribution in [3.63, 3.8) is 0 Å². The summed E-state index contributed by atoms with van der Waals surface area (Å²) in [5.74, 6) is 1.06. The molecule has 156 valence electrons. The van der Waals surface area contributed by atoms with E-state index in [0.717, 1.165) is 49.6 Å². The first kappa shape index (κ1) is 19.4. The van der Waals surface area contributed by atoms with Gasteiger partial charge in [-0.3, -0.25) is 5.10 Å². The van der Waals surface area contributed by atoms with Crippen molar-refractivity contribution in [2.75, 3.05) is 23.0 Å². The SMILES string of the molecule is c1ccc(-c2cc(CCCCCN3CN(c4ccccc4)c4ncccc43)[nH]n2)cc1. The fourth-order valence-corrected chi connectivity index (χ4v) is 4.20. The average Bonchev–Trinajstić information content (AvgIpc) is 3.45. The molecule has 0 saturated carbocycles. The number of hydrogen-bond acceptors (Lipinski definition) is 4.